The van der Waals surface area contributed by atoms with Crippen LogP contribution < -0.4 is 9.64 Å². The van der Waals surface area contributed by atoms with Crippen molar-refractivity contribution in [3.8, 4) is 5.75 Å². The van der Waals surface area contributed by atoms with Gasteiger partial charge in [0.25, 0.3) is 0 Å². The Hall–Kier alpha value is -2.89. The number of anilines is 1. The summed E-state index contributed by atoms with van der Waals surface area (Å²) >= 11 is 0. The van der Waals surface area contributed by atoms with Gasteiger partial charge in [0.05, 0.1) is 24.8 Å². The van der Waals surface area contributed by atoms with Gasteiger partial charge in [-0.3, -0.25) is 4.99 Å². The summed E-state index contributed by atoms with van der Waals surface area (Å²) in [7, 11) is 0. The summed E-state index contributed by atoms with van der Waals surface area (Å²) in [4.78, 5) is 9.77. The minimum atomic E-state index is -0.714. The molecule has 1 unspecified atom stereocenters. The summed E-state index contributed by atoms with van der Waals surface area (Å²) in [6, 6.07) is 21.1. The van der Waals surface area contributed by atoms with Gasteiger partial charge in [-0.2, -0.15) is 0 Å². The molecule has 0 fully saturated rings. The van der Waals surface area contributed by atoms with E-state index in [1.54, 1.807) is 0 Å². The second kappa shape index (κ2) is 9.05. The van der Waals surface area contributed by atoms with Gasteiger partial charge in [-0.25, -0.2) is 0 Å². The van der Waals surface area contributed by atoms with E-state index in [0.717, 1.165) is 49.6 Å². The maximum Gasteiger partial charge on any atom is 0.228 e. The molecule has 3 aromatic carbocycles. The molecule has 0 amide bonds. The molecule has 0 bridgehead atoms. The van der Waals surface area contributed by atoms with E-state index in [9.17, 15) is 0 Å². The van der Waals surface area contributed by atoms with Crippen molar-refractivity contribution in [1.29, 1.82) is 0 Å². The van der Waals surface area contributed by atoms with E-state index in [0.29, 0.717) is 6.61 Å². The Bertz CT molecular complexity index is 1200. The van der Waals surface area contributed by atoms with Gasteiger partial charge in [0.2, 0.25) is 5.72 Å². The number of ether oxygens (including phenoxy) is 2. The third-order valence-electron chi connectivity index (χ3n) is 7.57. The summed E-state index contributed by atoms with van der Waals surface area (Å²) in [5.74, 6) is 0.828. The number of rotatable bonds is 8. The summed E-state index contributed by atoms with van der Waals surface area (Å²) in [5.41, 5.74) is 2.36. The van der Waals surface area contributed by atoms with Gasteiger partial charge >= 0.3 is 0 Å². The van der Waals surface area contributed by atoms with Crippen LogP contribution in [0.1, 0.15) is 33.3 Å². The molecular formula is C29H35N3O2. The van der Waals surface area contributed by atoms with E-state index in [2.05, 4.69) is 98.2 Å². The van der Waals surface area contributed by atoms with E-state index < -0.39 is 5.72 Å². The normalized spacial score (nSPS) is 20.1. The van der Waals surface area contributed by atoms with Crippen LogP contribution in [-0.2, 0) is 10.2 Å². The molecule has 5 nitrogen and oxygen atoms in total. The molecule has 178 valence electrons. The highest BCUT2D eigenvalue weighted by Crippen LogP contribution is 2.54. The lowest BCUT2D eigenvalue weighted by Gasteiger charge is -2.46. The first-order valence-electron chi connectivity index (χ1n) is 12.4. The first kappa shape index (κ1) is 22.9. The quantitative estimate of drug-likeness (QED) is 0.402. The molecule has 0 aliphatic carbocycles. The Balaban J connectivity index is 1.45. The van der Waals surface area contributed by atoms with Crippen molar-refractivity contribution in [1.82, 2.24) is 4.90 Å². The van der Waals surface area contributed by atoms with Crippen LogP contribution in [0.25, 0.3) is 10.8 Å². The monoisotopic (exact) mass is 457 g/mol. The van der Waals surface area contributed by atoms with Crippen molar-refractivity contribution in [2.45, 2.75) is 38.8 Å². The third kappa shape index (κ3) is 3.58. The fourth-order valence-corrected chi connectivity index (χ4v) is 5.44. The van der Waals surface area contributed by atoms with Gasteiger partial charge in [-0.15, -0.1) is 0 Å². The highest BCUT2D eigenvalue weighted by molar-refractivity contribution is 5.99. The third-order valence-corrected chi connectivity index (χ3v) is 7.57. The predicted octanol–water partition coefficient (Wildman–Crippen LogP) is 5.79. The molecular weight excluding hydrogens is 422 g/mol. The molecule has 0 saturated carbocycles. The molecule has 34 heavy (non-hydrogen) atoms. The Kier molecular flexibility index (Phi) is 6.09. The van der Waals surface area contributed by atoms with Crippen LogP contribution in [-0.4, -0.2) is 56.2 Å². The van der Waals surface area contributed by atoms with Gasteiger partial charge in [0.15, 0.2) is 0 Å². The van der Waals surface area contributed by atoms with Crippen LogP contribution in [0.15, 0.2) is 65.7 Å². The highest BCUT2D eigenvalue weighted by Gasteiger charge is 2.59. The van der Waals surface area contributed by atoms with E-state index in [1.807, 2.05) is 6.21 Å². The average Bonchev–Trinajstić information content (AvgIpc) is 3.04. The van der Waals surface area contributed by atoms with Gasteiger partial charge in [0, 0.05) is 24.2 Å². The Morgan fingerprint density at radius 1 is 0.941 bits per heavy atom. The van der Waals surface area contributed by atoms with E-state index >= 15 is 0 Å². The maximum atomic E-state index is 6.94. The Morgan fingerprint density at radius 3 is 2.53 bits per heavy atom. The van der Waals surface area contributed by atoms with Crippen molar-refractivity contribution in [2.75, 3.05) is 44.3 Å². The SMILES string of the molecule is CCN(CC)CCOCCN1c2ccccc2C(C)(C)C12C=Nc1c(ccc3ccccc13)O2. The average molecular weight is 458 g/mol. The number of nitrogens with zero attached hydrogens (tertiary/aromatic N) is 3. The minimum Gasteiger partial charge on any atom is -0.459 e. The first-order valence-corrected chi connectivity index (χ1v) is 12.4. The largest absolute Gasteiger partial charge is 0.459 e. The zero-order valence-corrected chi connectivity index (χ0v) is 20.8. The fourth-order valence-electron chi connectivity index (χ4n) is 5.44. The van der Waals surface area contributed by atoms with Crippen LogP contribution in [0.3, 0.4) is 0 Å². The van der Waals surface area contributed by atoms with Crippen LogP contribution in [0, 0.1) is 0 Å². The smallest absolute Gasteiger partial charge is 0.228 e. The van der Waals surface area contributed by atoms with Crippen molar-refractivity contribution in [2.24, 2.45) is 4.99 Å². The van der Waals surface area contributed by atoms with Crippen LogP contribution >= 0.6 is 0 Å². The standard InChI is InChI=1S/C29H35N3O2/c1-5-31(6-2)17-19-33-20-18-32-25-14-10-9-13-24(25)28(3,4)29(32)21-30-27-23-12-8-7-11-22(23)15-16-26(27)34-29/h7-16,21H,5-6,17-20H2,1-4H3. The summed E-state index contributed by atoms with van der Waals surface area (Å²) in [5, 5.41) is 2.29. The number of likely N-dealkylation sites (N-methyl/N-ethyl adjacent to an activating group) is 1. The van der Waals surface area contributed by atoms with Gasteiger partial charge in [-0.05, 0) is 50.0 Å². The molecule has 2 aliphatic heterocycles. The summed E-state index contributed by atoms with van der Waals surface area (Å²) < 4.78 is 13.0. The Labute approximate surface area is 203 Å². The number of benzene rings is 3. The molecule has 1 atom stereocenters. The van der Waals surface area contributed by atoms with Crippen molar-refractivity contribution in [3.63, 3.8) is 0 Å². The highest BCUT2D eigenvalue weighted by atomic mass is 16.5. The fraction of sp³-hybridized carbons (Fsp3) is 0.414. The number of hydrogen-bond acceptors (Lipinski definition) is 5. The molecule has 2 heterocycles. The number of aliphatic imine (C=N–C) groups is 1. The molecule has 3 aromatic rings. The first-order chi connectivity index (χ1) is 16.5. The molecule has 1 spiro atoms. The number of para-hydroxylation sites is 1. The van der Waals surface area contributed by atoms with Gasteiger partial charge < -0.3 is 19.3 Å². The number of fused-ring (bicyclic) bond motifs is 4. The van der Waals surface area contributed by atoms with E-state index in [-0.39, 0.29) is 5.41 Å². The second-order valence-corrected chi connectivity index (χ2v) is 9.62. The molecule has 0 radical (unpaired) electrons. The van der Waals surface area contributed by atoms with Gasteiger partial charge in [0.1, 0.15) is 11.4 Å². The minimum absolute atomic E-state index is 0.294. The molecule has 0 aromatic heterocycles. The topological polar surface area (TPSA) is 37.3 Å². The van der Waals surface area contributed by atoms with Crippen molar-refractivity contribution in [3.05, 3.63) is 66.2 Å². The maximum absolute atomic E-state index is 6.94. The van der Waals surface area contributed by atoms with Gasteiger partial charge in [-0.1, -0.05) is 62.4 Å². The zero-order valence-electron chi connectivity index (χ0n) is 20.8. The molecule has 0 N–H and O–H groups in total. The molecule has 0 saturated heterocycles. The van der Waals surface area contributed by atoms with Crippen LogP contribution in [0.2, 0.25) is 0 Å². The van der Waals surface area contributed by atoms with E-state index in [4.69, 9.17) is 14.5 Å². The molecule has 2 aliphatic rings. The molecule has 5 heteroatoms. The predicted molar refractivity (Wildman–Crippen MR) is 141 cm³/mol. The van der Waals surface area contributed by atoms with E-state index in [1.165, 1.54) is 16.6 Å². The lowest BCUT2D eigenvalue weighted by Crippen LogP contribution is -2.62. The van der Waals surface area contributed by atoms with Crippen molar-refractivity contribution >= 4 is 28.4 Å². The van der Waals surface area contributed by atoms with Crippen LogP contribution in [0.4, 0.5) is 11.4 Å². The summed E-state index contributed by atoms with van der Waals surface area (Å²) in [6.45, 7) is 14.0. The lowest BCUT2D eigenvalue weighted by atomic mass is 9.77. The summed E-state index contributed by atoms with van der Waals surface area (Å²) in [6.07, 6.45) is 2.03. The van der Waals surface area contributed by atoms with Crippen LogP contribution in [0.5, 0.6) is 5.75 Å². The molecule has 5 rings (SSSR count). The second-order valence-electron chi connectivity index (χ2n) is 9.62. The number of hydrogen-bond donors (Lipinski definition) is 0. The lowest BCUT2D eigenvalue weighted by molar-refractivity contribution is 0.0632. The zero-order chi connectivity index (χ0) is 23.8. The van der Waals surface area contributed by atoms with Crippen molar-refractivity contribution < 1.29 is 9.47 Å². The Morgan fingerprint density at radius 2 is 1.71 bits per heavy atom.